The number of rotatable bonds is 4. The van der Waals surface area contributed by atoms with Crippen molar-refractivity contribution in [2.45, 2.75) is 26.8 Å². The van der Waals surface area contributed by atoms with Crippen LogP contribution in [0, 0.1) is 13.8 Å². The minimum absolute atomic E-state index is 0.221. The first kappa shape index (κ1) is 15.8. The molecular weight excluding hydrogens is 304 g/mol. The van der Waals surface area contributed by atoms with E-state index in [0.717, 1.165) is 22.5 Å². The van der Waals surface area contributed by atoms with Gasteiger partial charge in [0.15, 0.2) is 5.82 Å². The van der Waals surface area contributed by atoms with Gasteiger partial charge in [-0.3, -0.25) is 14.9 Å². The molecule has 7 nitrogen and oxygen atoms in total. The van der Waals surface area contributed by atoms with Crippen molar-refractivity contribution in [3.8, 4) is 11.4 Å². The lowest BCUT2D eigenvalue weighted by atomic mass is 10.1. The average molecular weight is 322 g/mol. The minimum atomic E-state index is -0.232. The largest absolute Gasteiger partial charge is 0.344 e. The van der Waals surface area contributed by atoms with Crippen molar-refractivity contribution in [2.75, 3.05) is 0 Å². The lowest BCUT2D eigenvalue weighted by Gasteiger charge is -2.15. The van der Waals surface area contributed by atoms with Crippen molar-refractivity contribution in [2.24, 2.45) is 0 Å². The van der Waals surface area contributed by atoms with E-state index in [2.05, 4.69) is 30.5 Å². The van der Waals surface area contributed by atoms with Gasteiger partial charge in [0.2, 0.25) is 0 Å². The molecule has 1 atom stereocenters. The summed E-state index contributed by atoms with van der Waals surface area (Å²) in [5, 5.41) is 9.64. The van der Waals surface area contributed by atoms with Crippen LogP contribution in [0.4, 0.5) is 0 Å². The number of H-pyrrole nitrogens is 1. The fraction of sp³-hybridized carbons (Fsp3) is 0.235. The van der Waals surface area contributed by atoms with E-state index in [1.165, 1.54) is 0 Å². The molecule has 3 aromatic rings. The van der Waals surface area contributed by atoms with Crippen LogP contribution in [0.3, 0.4) is 0 Å². The zero-order valence-electron chi connectivity index (χ0n) is 13.7. The number of pyridine rings is 1. The van der Waals surface area contributed by atoms with E-state index in [9.17, 15) is 4.79 Å². The van der Waals surface area contributed by atoms with Crippen molar-refractivity contribution in [3.05, 3.63) is 59.4 Å². The maximum absolute atomic E-state index is 12.2. The summed E-state index contributed by atoms with van der Waals surface area (Å²) in [6, 6.07) is 5.21. The van der Waals surface area contributed by atoms with Gasteiger partial charge < -0.3 is 5.32 Å². The molecule has 2 N–H and O–H groups in total. The van der Waals surface area contributed by atoms with E-state index < -0.39 is 0 Å². The number of carbonyl (C=O) groups is 1. The topological polar surface area (TPSA) is 96.5 Å². The maximum Gasteiger partial charge on any atom is 0.272 e. The number of aryl methyl sites for hydroxylation is 2. The normalized spacial score (nSPS) is 12.0. The molecule has 0 saturated heterocycles. The third kappa shape index (κ3) is 3.29. The number of aromatic nitrogens is 5. The van der Waals surface area contributed by atoms with Gasteiger partial charge in [0.1, 0.15) is 5.69 Å². The van der Waals surface area contributed by atoms with Crippen molar-refractivity contribution in [1.82, 2.24) is 30.5 Å². The number of nitrogens with one attached hydrogen (secondary N) is 2. The van der Waals surface area contributed by atoms with Gasteiger partial charge in [-0.25, -0.2) is 9.97 Å². The van der Waals surface area contributed by atoms with Crippen LogP contribution in [-0.2, 0) is 0 Å². The van der Waals surface area contributed by atoms with Crippen molar-refractivity contribution < 1.29 is 4.79 Å². The highest BCUT2D eigenvalue weighted by Gasteiger charge is 2.16. The highest BCUT2D eigenvalue weighted by Crippen LogP contribution is 2.19. The van der Waals surface area contributed by atoms with Crippen LogP contribution >= 0.6 is 0 Å². The van der Waals surface area contributed by atoms with Crippen molar-refractivity contribution in [3.63, 3.8) is 0 Å². The van der Waals surface area contributed by atoms with Gasteiger partial charge in [-0.2, -0.15) is 5.10 Å². The van der Waals surface area contributed by atoms with E-state index >= 15 is 0 Å². The predicted octanol–water partition coefficient (Wildman–Crippen LogP) is 2.37. The molecule has 0 unspecified atom stereocenters. The Morgan fingerprint density at radius 2 is 2.00 bits per heavy atom. The molecule has 3 aromatic heterocycles. The first-order chi connectivity index (χ1) is 11.5. The lowest BCUT2D eigenvalue weighted by molar-refractivity contribution is 0.0934. The second-order valence-electron chi connectivity index (χ2n) is 5.60. The number of hydrogen-bond acceptors (Lipinski definition) is 5. The molecule has 0 fully saturated rings. The Morgan fingerprint density at radius 1 is 1.25 bits per heavy atom. The van der Waals surface area contributed by atoms with E-state index in [4.69, 9.17) is 0 Å². The SMILES string of the molecule is Cc1cc(C(=O)N[C@@H](C)c2cnc(-c3ccncc3)nc2C)n[nH]1. The summed E-state index contributed by atoms with van der Waals surface area (Å²) < 4.78 is 0. The molecule has 0 aromatic carbocycles. The first-order valence-electron chi connectivity index (χ1n) is 7.61. The van der Waals surface area contributed by atoms with Crippen molar-refractivity contribution >= 4 is 5.91 Å². The first-order valence-corrected chi connectivity index (χ1v) is 7.61. The second kappa shape index (κ2) is 6.57. The predicted molar refractivity (Wildman–Crippen MR) is 89.2 cm³/mol. The summed E-state index contributed by atoms with van der Waals surface area (Å²) in [4.78, 5) is 25.1. The molecule has 3 rings (SSSR count). The van der Waals surface area contributed by atoms with Gasteiger partial charge in [0, 0.05) is 41.1 Å². The van der Waals surface area contributed by atoms with E-state index in [1.54, 1.807) is 24.7 Å². The molecule has 122 valence electrons. The highest BCUT2D eigenvalue weighted by atomic mass is 16.2. The van der Waals surface area contributed by atoms with Gasteiger partial charge in [0.05, 0.1) is 6.04 Å². The Labute approximate surface area is 139 Å². The van der Waals surface area contributed by atoms with Crippen LogP contribution in [0.15, 0.2) is 36.8 Å². The summed E-state index contributed by atoms with van der Waals surface area (Å²) in [7, 11) is 0. The third-order valence-electron chi connectivity index (χ3n) is 3.71. The van der Waals surface area contributed by atoms with Gasteiger partial charge in [-0.1, -0.05) is 0 Å². The molecule has 0 radical (unpaired) electrons. The van der Waals surface area contributed by atoms with Crippen LogP contribution in [0.2, 0.25) is 0 Å². The third-order valence-corrected chi connectivity index (χ3v) is 3.71. The summed E-state index contributed by atoms with van der Waals surface area (Å²) in [6.07, 6.45) is 5.16. The van der Waals surface area contributed by atoms with Crippen LogP contribution in [-0.4, -0.2) is 31.1 Å². The number of carbonyl (C=O) groups excluding carboxylic acids is 1. The standard InChI is InChI=1S/C17H18N6O/c1-10-8-15(23-22-10)17(24)21-12(3)14-9-19-16(20-11(14)2)13-4-6-18-7-5-13/h4-9,12H,1-3H3,(H,21,24)(H,22,23)/t12-/m0/s1. The number of aromatic amines is 1. The highest BCUT2D eigenvalue weighted by molar-refractivity contribution is 5.92. The summed E-state index contributed by atoms with van der Waals surface area (Å²) >= 11 is 0. The monoisotopic (exact) mass is 322 g/mol. The quantitative estimate of drug-likeness (QED) is 0.768. The zero-order valence-corrected chi connectivity index (χ0v) is 13.7. The number of amides is 1. The summed E-state index contributed by atoms with van der Waals surface area (Å²) in [6.45, 7) is 5.65. The van der Waals surface area contributed by atoms with Gasteiger partial charge >= 0.3 is 0 Å². The molecule has 24 heavy (non-hydrogen) atoms. The summed E-state index contributed by atoms with van der Waals surface area (Å²) in [5.41, 5.74) is 3.81. The van der Waals surface area contributed by atoms with E-state index in [-0.39, 0.29) is 11.9 Å². The number of hydrogen-bond donors (Lipinski definition) is 2. The molecule has 7 heteroatoms. The Morgan fingerprint density at radius 3 is 2.62 bits per heavy atom. The molecule has 1 amide bonds. The lowest BCUT2D eigenvalue weighted by Crippen LogP contribution is -2.27. The smallest absolute Gasteiger partial charge is 0.272 e. The van der Waals surface area contributed by atoms with Crippen molar-refractivity contribution in [1.29, 1.82) is 0 Å². The fourth-order valence-corrected chi connectivity index (χ4v) is 2.42. The number of nitrogens with zero attached hydrogens (tertiary/aromatic N) is 4. The van der Waals surface area contributed by atoms with Crippen LogP contribution in [0.5, 0.6) is 0 Å². The minimum Gasteiger partial charge on any atom is -0.344 e. The molecule has 0 spiro atoms. The van der Waals surface area contributed by atoms with Gasteiger partial charge in [-0.05, 0) is 39.0 Å². The summed E-state index contributed by atoms with van der Waals surface area (Å²) in [5.74, 6) is 0.407. The Balaban J connectivity index is 1.78. The van der Waals surface area contributed by atoms with E-state index in [0.29, 0.717) is 11.5 Å². The maximum atomic E-state index is 12.2. The Hall–Kier alpha value is -3.09. The molecule has 0 aliphatic rings. The fourth-order valence-electron chi connectivity index (χ4n) is 2.42. The molecule has 0 aliphatic heterocycles. The van der Waals surface area contributed by atoms with E-state index in [1.807, 2.05) is 32.9 Å². The van der Waals surface area contributed by atoms with Gasteiger partial charge in [0.25, 0.3) is 5.91 Å². The van der Waals surface area contributed by atoms with Crippen LogP contribution in [0.1, 0.15) is 40.4 Å². The molecule has 0 aliphatic carbocycles. The Kier molecular flexibility index (Phi) is 4.33. The van der Waals surface area contributed by atoms with Crippen LogP contribution in [0.25, 0.3) is 11.4 Å². The van der Waals surface area contributed by atoms with Gasteiger partial charge in [-0.15, -0.1) is 0 Å². The zero-order chi connectivity index (χ0) is 17.1. The molecule has 0 saturated carbocycles. The Bertz CT molecular complexity index is 859. The second-order valence-corrected chi connectivity index (χ2v) is 5.60. The average Bonchev–Trinajstić information content (AvgIpc) is 3.02. The molecule has 3 heterocycles. The van der Waals surface area contributed by atoms with Crippen LogP contribution < -0.4 is 5.32 Å². The molecule has 0 bridgehead atoms. The molecular formula is C17H18N6O.